The number of likely N-dealkylation sites (tertiary alicyclic amines) is 1. The molecule has 84 valence electrons. The predicted molar refractivity (Wildman–Crippen MR) is 61.3 cm³/mol. The molecule has 0 amide bonds. The second kappa shape index (κ2) is 6.38. The third-order valence-electron chi connectivity index (χ3n) is 3.17. The van der Waals surface area contributed by atoms with Crippen molar-refractivity contribution in [3.05, 3.63) is 0 Å². The summed E-state index contributed by atoms with van der Waals surface area (Å²) in [5.41, 5.74) is 5.56. The molecule has 1 rings (SSSR count). The van der Waals surface area contributed by atoms with Crippen molar-refractivity contribution in [2.45, 2.75) is 19.8 Å². The Hall–Kier alpha value is -0.120. The third-order valence-corrected chi connectivity index (χ3v) is 3.17. The molecule has 1 heterocycles. The minimum absolute atomic E-state index is 0.612. The van der Waals surface area contributed by atoms with E-state index in [-0.39, 0.29) is 0 Å². The zero-order valence-electron chi connectivity index (χ0n) is 9.63. The largest absolute Gasteiger partial charge is 0.330 e. The molecule has 0 spiro atoms. The molecule has 1 fully saturated rings. The van der Waals surface area contributed by atoms with Crippen LogP contribution in [0.1, 0.15) is 19.8 Å². The summed E-state index contributed by atoms with van der Waals surface area (Å²) in [6.07, 6.45) is 2.70. The zero-order chi connectivity index (χ0) is 10.4. The molecule has 1 aliphatic rings. The van der Waals surface area contributed by atoms with Crippen LogP contribution in [0, 0.1) is 11.8 Å². The van der Waals surface area contributed by atoms with Gasteiger partial charge in [-0.1, -0.05) is 6.92 Å². The molecular formula is C11H25N3. The lowest BCUT2D eigenvalue weighted by molar-refractivity contribution is 0.215. The van der Waals surface area contributed by atoms with Crippen molar-refractivity contribution in [1.29, 1.82) is 0 Å². The summed E-state index contributed by atoms with van der Waals surface area (Å²) in [6, 6.07) is 0. The van der Waals surface area contributed by atoms with E-state index in [9.17, 15) is 0 Å². The average molecular weight is 199 g/mol. The Kier molecular flexibility index (Phi) is 5.45. The molecule has 0 bridgehead atoms. The van der Waals surface area contributed by atoms with Crippen molar-refractivity contribution in [2.75, 3.05) is 39.8 Å². The van der Waals surface area contributed by atoms with Gasteiger partial charge in [0.15, 0.2) is 0 Å². The van der Waals surface area contributed by atoms with Gasteiger partial charge in [0.1, 0.15) is 0 Å². The number of hydrogen-bond acceptors (Lipinski definition) is 3. The van der Waals surface area contributed by atoms with E-state index >= 15 is 0 Å². The quantitative estimate of drug-likeness (QED) is 0.678. The first-order chi connectivity index (χ1) is 6.72. The van der Waals surface area contributed by atoms with E-state index in [1.165, 1.54) is 32.5 Å². The molecule has 0 saturated carbocycles. The van der Waals surface area contributed by atoms with Crippen molar-refractivity contribution < 1.29 is 0 Å². The minimum Gasteiger partial charge on any atom is -0.330 e. The van der Waals surface area contributed by atoms with Crippen molar-refractivity contribution in [1.82, 2.24) is 10.2 Å². The normalized spacial score (nSPS) is 22.5. The van der Waals surface area contributed by atoms with Crippen LogP contribution in [-0.2, 0) is 0 Å². The summed E-state index contributed by atoms with van der Waals surface area (Å²) in [7, 11) is 2.21. The lowest BCUT2D eigenvalue weighted by atomic mass is 9.97. The molecule has 1 aliphatic heterocycles. The van der Waals surface area contributed by atoms with Crippen LogP contribution >= 0.6 is 0 Å². The van der Waals surface area contributed by atoms with Crippen molar-refractivity contribution in [2.24, 2.45) is 17.6 Å². The van der Waals surface area contributed by atoms with Crippen LogP contribution in [0.5, 0.6) is 0 Å². The molecule has 3 nitrogen and oxygen atoms in total. The van der Waals surface area contributed by atoms with Gasteiger partial charge in [-0.2, -0.15) is 0 Å². The van der Waals surface area contributed by atoms with Gasteiger partial charge in [-0.15, -0.1) is 0 Å². The molecule has 3 N–H and O–H groups in total. The van der Waals surface area contributed by atoms with E-state index in [2.05, 4.69) is 24.2 Å². The fourth-order valence-corrected chi connectivity index (χ4v) is 1.88. The number of hydrogen-bond donors (Lipinski definition) is 2. The first-order valence-corrected chi connectivity index (χ1v) is 5.81. The van der Waals surface area contributed by atoms with Gasteiger partial charge in [-0.25, -0.2) is 0 Å². The summed E-state index contributed by atoms with van der Waals surface area (Å²) in [5, 5.41) is 3.52. The monoisotopic (exact) mass is 199 g/mol. The number of nitrogens with one attached hydrogen (secondary N) is 1. The van der Waals surface area contributed by atoms with Crippen LogP contribution in [0.4, 0.5) is 0 Å². The molecule has 0 aromatic carbocycles. The molecule has 0 aromatic rings. The van der Waals surface area contributed by atoms with Crippen LogP contribution < -0.4 is 11.1 Å². The highest BCUT2D eigenvalue weighted by atomic mass is 15.1. The van der Waals surface area contributed by atoms with Crippen LogP contribution in [0.15, 0.2) is 0 Å². The maximum Gasteiger partial charge on any atom is -0.00110 e. The summed E-state index contributed by atoms with van der Waals surface area (Å²) in [6.45, 7) is 7.76. The smallest absolute Gasteiger partial charge is 0.00110 e. The zero-order valence-corrected chi connectivity index (χ0v) is 9.63. The number of nitrogens with zero attached hydrogens (tertiary/aromatic N) is 1. The number of nitrogens with two attached hydrogens (primary N) is 1. The molecule has 1 saturated heterocycles. The fraction of sp³-hybridized carbons (Fsp3) is 1.00. The topological polar surface area (TPSA) is 41.3 Å². The summed E-state index contributed by atoms with van der Waals surface area (Å²) in [4.78, 5) is 2.42. The highest BCUT2D eigenvalue weighted by Gasteiger charge is 2.15. The predicted octanol–water partition coefficient (Wildman–Crippen LogP) is 0.513. The lowest BCUT2D eigenvalue weighted by Gasteiger charge is -2.29. The summed E-state index contributed by atoms with van der Waals surface area (Å²) in [5.74, 6) is 1.50. The van der Waals surface area contributed by atoms with Gasteiger partial charge in [-0.3, -0.25) is 0 Å². The van der Waals surface area contributed by atoms with Crippen LogP contribution in [-0.4, -0.2) is 44.7 Å². The summed E-state index contributed by atoms with van der Waals surface area (Å²) >= 11 is 0. The molecule has 3 heteroatoms. The molecule has 1 unspecified atom stereocenters. The maximum atomic E-state index is 5.56. The van der Waals surface area contributed by atoms with Gasteiger partial charge in [0.2, 0.25) is 0 Å². The average Bonchev–Trinajstić information content (AvgIpc) is 2.21. The van der Waals surface area contributed by atoms with Gasteiger partial charge >= 0.3 is 0 Å². The maximum absolute atomic E-state index is 5.56. The molecule has 0 radical (unpaired) electrons. The third kappa shape index (κ3) is 4.40. The van der Waals surface area contributed by atoms with E-state index in [0.717, 1.165) is 19.0 Å². The second-order valence-electron chi connectivity index (χ2n) is 4.75. The van der Waals surface area contributed by atoms with Gasteiger partial charge in [0.25, 0.3) is 0 Å². The van der Waals surface area contributed by atoms with Crippen molar-refractivity contribution in [3.8, 4) is 0 Å². The highest BCUT2D eigenvalue weighted by molar-refractivity contribution is 4.72. The summed E-state index contributed by atoms with van der Waals surface area (Å²) < 4.78 is 0. The Labute approximate surface area is 88.0 Å². The van der Waals surface area contributed by atoms with Gasteiger partial charge in [0.05, 0.1) is 0 Å². The highest BCUT2D eigenvalue weighted by Crippen LogP contribution is 2.14. The number of rotatable bonds is 5. The van der Waals surface area contributed by atoms with Crippen LogP contribution in [0.3, 0.4) is 0 Å². The van der Waals surface area contributed by atoms with E-state index < -0.39 is 0 Å². The van der Waals surface area contributed by atoms with Crippen molar-refractivity contribution >= 4 is 0 Å². The Morgan fingerprint density at radius 1 is 1.43 bits per heavy atom. The molecular weight excluding hydrogens is 174 g/mol. The SMILES string of the molecule is CC(CN)CNCC1CCN(C)CC1. The lowest BCUT2D eigenvalue weighted by Crippen LogP contribution is -2.36. The minimum atomic E-state index is 0.612. The standard InChI is InChI=1S/C11H25N3/c1-10(7-12)8-13-9-11-3-5-14(2)6-4-11/h10-11,13H,3-9,12H2,1-2H3. The Bertz CT molecular complexity index is 141. The molecule has 0 aliphatic carbocycles. The molecule has 0 aromatic heterocycles. The van der Waals surface area contributed by atoms with Gasteiger partial charge in [0, 0.05) is 0 Å². The van der Waals surface area contributed by atoms with E-state index in [4.69, 9.17) is 5.73 Å². The van der Waals surface area contributed by atoms with Gasteiger partial charge in [-0.05, 0) is 64.4 Å². The first kappa shape index (κ1) is 12.0. The molecule has 1 atom stereocenters. The van der Waals surface area contributed by atoms with Crippen molar-refractivity contribution in [3.63, 3.8) is 0 Å². The Morgan fingerprint density at radius 2 is 2.07 bits per heavy atom. The number of piperidine rings is 1. The first-order valence-electron chi connectivity index (χ1n) is 5.81. The van der Waals surface area contributed by atoms with Crippen LogP contribution in [0.2, 0.25) is 0 Å². The fourth-order valence-electron chi connectivity index (χ4n) is 1.88. The van der Waals surface area contributed by atoms with Crippen LogP contribution in [0.25, 0.3) is 0 Å². The van der Waals surface area contributed by atoms with E-state index in [0.29, 0.717) is 5.92 Å². The Morgan fingerprint density at radius 3 is 2.64 bits per heavy atom. The second-order valence-corrected chi connectivity index (χ2v) is 4.75. The van der Waals surface area contributed by atoms with E-state index in [1.54, 1.807) is 0 Å². The molecule has 14 heavy (non-hydrogen) atoms. The Balaban J connectivity index is 2.02. The van der Waals surface area contributed by atoms with Gasteiger partial charge < -0.3 is 16.0 Å². The van der Waals surface area contributed by atoms with E-state index in [1.807, 2.05) is 0 Å².